The van der Waals surface area contributed by atoms with Crippen LogP contribution in [0.1, 0.15) is 32.3 Å². The number of ether oxygens (including phenoxy) is 1. The SMILES string of the molecule is CC(C)CC(NC(=O)OCc1ccccc1)C(=O)NN(CCC(N)=O)C(=O)[C@@H](F)Cl. The molecule has 1 aromatic rings. The first-order chi connectivity index (χ1) is 14.1. The van der Waals surface area contributed by atoms with Gasteiger partial charge < -0.3 is 15.8 Å². The van der Waals surface area contributed by atoms with Crippen molar-refractivity contribution >= 4 is 35.4 Å². The first kappa shape index (κ1) is 25.2. The van der Waals surface area contributed by atoms with E-state index in [1.165, 1.54) is 0 Å². The molecule has 9 nitrogen and oxygen atoms in total. The zero-order chi connectivity index (χ0) is 22.7. The third kappa shape index (κ3) is 9.55. The molecule has 4 amide bonds. The molecule has 0 fully saturated rings. The van der Waals surface area contributed by atoms with Crippen molar-refractivity contribution < 1.29 is 28.3 Å². The topological polar surface area (TPSA) is 131 Å². The van der Waals surface area contributed by atoms with Crippen molar-refractivity contribution in [2.24, 2.45) is 11.7 Å². The van der Waals surface area contributed by atoms with Crippen LogP contribution < -0.4 is 16.5 Å². The maximum Gasteiger partial charge on any atom is 0.408 e. The highest BCUT2D eigenvalue weighted by molar-refractivity contribution is 6.29. The van der Waals surface area contributed by atoms with E-state index in [9.17, 15) is 23.6 Å². The lowest BCUT2D eigenvalue weighted by molar-refractivity contribution is -0.144. The summed E-state index contributed by atoms with van der Waals surface area (Å²) in [5.41, 5.74) is 5.55. The molecule has 0 bridgehead atoms. The Morgan fingerprint density at radius 1 is 1.20 bits per heavy atom. The lowest BCUT2D eigenvalue weighted by Gasteiger charge is -2.26. The summed E-state index contributed by atoms with van der Waals surface area (Å²) in [5.74, 6) is -2.82. The number of nitrogens with zero attached hydrogens (tertiary/aromatic N) is 1. The molecule has 0 radical (unpaired) electrons. The van der Waals surface area contributed by atoms with Crippen molar-refractivity contribution in [3.05, 3.63) is 35.9 Å². The van der Waals surface area contributed by atoms with Gasteiger partial charge in [0.1, 0.15) is 12.6 Å². The average Bonchev–Trinajstić information content (AvgIpc) is 2.68. The second kappa shape index (κ2) is 12.6. The second-order valence-electron chi connectivity index (χ2n) is 6.87. The molecule has 0 aromatic heterocycles. The Morgan fingerprint density at radius 2 is 1.83 bits per heavy atom. The summed E-state index contributed by atoms with van der Waals surface area (Å²) in [7, 11) is 0. The highest BCUT2D eigenvalue weighted by atomic mass is 35.5. The molecule has 166 valence electrons. The summed E-state index contributed by atoms with van der Waals surface area (Å²) >= 11 is 5.15. The Kier molecular flexibility index (Phi) is 10.6. The number of alkyl carbamates (subject to hydrolysis) is 1. The number of halogens is 2. The average molecular weight is 445 g/mol. The summed E-state index contributed by atoms with van der Waals surface area (Å²) < 4.78 is 18.3. The summed E-state index contributed by atoms with van der Waals surface area (Å²) in [5, 5.41) is 2.99. The third-order valence-corrected chi connectivity index (χ3v) is 3.99. The first-order valence-corrected chi connectivity index (χ1v) is 9.69. The number of hydrazine groups is 1. The standard InChI is InChI=1S/C19H26ClFN4O5/c1-12(2)10-14(23-19(29)30-11-13-6-4-3-5-7-13)17(27)24-25(9-8-15(22)26)18(28)16(20)21/h3-7,12,14,16H,8-11H2,1-2H3,(H2,22,26)(H,23,29)(H,24,27)/t14?,16-/m1/s1. The van der Waals surface area contributed by atoms with Gasteiger partial charge in [0.25, 0.3) is 17.4 Å². The highest BCUT2D eigenvalue weighted by Crippen LogP contribution is 2.08. The number of primary amides is 1. The summed E-state index contributed by atoms with van der Waals surface area (Å²) in [4.78, 5) is 47.6. The van der Waals surface area contributed by atoms with E-state index < -0.39 is 35.5 Å². The van der Waals surface area contributed by atoms with Gasteiger partial charge in [0, 0.05) is 6.42 Å². The molecule has 1 rings (SSSR count). The fourth-order valence-corrected chi connectivity index (χ4v) is 2.50. The monoisotopic (exact) mass is 444 g/mol. The van der Waals surface area contributed by atoms with Gasteiger partial charge in [-0.3, -0.25) is 19.8 Å². The maximum atomic E-state index is 13.2. The Morgan fingerprint density at radius 3 is 2.37 bits per heavy atom. The summed E-state index contributed by atoms with van der Waals surface area (Å²) in [6, 6.07) is 7.86. The van der Waals surface area contributed by atoms with Crippen LogP contribution in [0.3, 0.4) is 0 Å². The molecule has 0 aliphatic carbocycles. The van der Waals surface area contributed by atoms with Crippen molar-refractivity contribution in [1.82, 2.24) is 15.8 Å². The van der Waals surface area contributed by atoms with E-state index >= 15 is 0 Å². The number of benzene rings is 1. The zero-order valence-corrected chi connectivity index (χ0v) is 17.5. The predicted molar refractivity (Wildman–Crippen MR) is 107 cm³/mol. The maximum absolute atomic E-state index is 13.2. The Bertz CT molecular complexity index is 733. The summed E-state index contributed by atoms with van der Waals surface area (Å²) in [6.45, 7) is 3.27. The molecule has 1 aromatic carbocycles. The molecule has 0 saturated carbocycles. The molecule has 0 heterocycles. The lowest BCUT2D eigenvalue weighted by atomic mass is 10.0. The van der Waals surface area contributed by atoms with Crippen LogP contribution >= 0.6 is 11.6 Å². The van der Waals surface area contributed by atoms with Crippen molar-refractivity contribution in [1.29, 1.82) is 0 Å². The van der Waals surface area contributed by atoms with Crippen molar-refractivity contribution in [2.45, 2.75) is 45.0 Å². The van der Waals surface area contributed by atoms with Crippen LogP contribution in [-0.4, -0.2) is 47.0 Å². The van der Waals surface area contributed by atoms with Gasteiger partial charge in [-0.15, -0.1) is 0 Å². The number of nitrogens with one attached hydrogen (secondary N) is 2. The fraction of sp³-hybridized carbons (Fsp3) is 0.474. The number of hydrogen-bond donors (Lipinski definition) is 3. The van der Waals surface area contributed by atoms with Gasteiger partial charge in [0.05, 0.1) is 6.54 Å². The summed E-state index contributed by atoms with van der Waals surface area (Å²) in [6.07, 6.45) is -0.948. The van der Waals surface area contributed by atoms with Gasteiger partial charge in [-0.25, -0.2) is 14.2 Å². The molecule has 0 saturated heterocycles. The molecule has 30 heavy (non-hydrogen) atoms. The van der Waals surface area contributed by atoms with Crippen LogP contribution in [0.5, 0.6) is 0 Å². The van der Waals surface area contributed by atoms with Gasteiger partial charge in [-0.2, -0.15) is 0 Å². The van der Waals surface area contributed by atoms with E-state index in [1.807, 2.05) is 19.9 Å². The Hall–Kier alpha value is -2.88. The molecule has 2 atom stereocenters. The lowest BCUT2D eigenvalue weighted by Crippen LogP contribution is -2.56. The van der Waals surface area contributed by atoms with Gasteiger partial charge in [-0.05, 0) is 17.9 Å². The van der Waals surface area contributed by atoms with Crippen molar-refractivity contribution in [2.75, 3.05) is 6.54 Å². The first-order valence-electron chi connectivity index (χ1n) is 9.25. The number of carbonyl (C=O) groups is 4. The van der Waals surface area contributed by atoms with Crippen LogP contribution in [-0.2, 0) is 25.7 Å². The van der Waals surface area contributed by atoms with E-state index in [0.717, 1.165) is 5.56 Å². The van der Waals surface area contributed by atoms with Crippen LogP contribution in [0.4, 0.5) is 9.18 Å². The number of nitrogens with two attached hydrogens (primary N) is 1. The molecule has 0 aliphatic rings. The predicted octanol–water partition coefficient (Wildman–Crippen LogP) is 1.60. The molecule has 11 heteroatoms. The van der Waals surface area contributed by atoms with Crippen molar-refractivity contribution in [3.63, 3.8) is 0 Å². The molecule has 4 N–H and O–H groups in total. The van der Waals surface area contributed by atoms with Gasteiger partial charge in [-0.1, -0.05) is 55.8 Å². The van der Waals surface area contributed by atoms with E-state index in [4.69, 9.17) is 22.1 Å². The second-order valence-corrected chi connectivity index (χ2v) is 7.25. The number of carbonyl (C=O) groups excluding carboxylic acids is 4. The number of rotatable bonds is 10. The molecule has 0 spiro atoms. The fourth-order valence-electron chi connectivity index (χ4n) is 2.38. The van der Waals surface area contributed by atoms with Crippen LogP contribution in [0.2, 0.25) is 0 Å². The van der Waals surface area contributed by atoms with Crippen LogP contribution in [0.15, 0.2) is 30.3 Å². The van der Waals surface area contributed by atoms with Crippen molar-refractivity contribution in [3.8, 4) is 0 Å². The van der Waals surface area contributed by atoms with Gasteiger partial charge >= 0.3 is 6.09 Å². The number of hydrogen-bond acceptors (Lipinski definition) is 5. The minimum Gasteiger partial charge on any atom is -0.445 e. The van der Waals surface area contributed by atoms with Crippen LogP contribution in [0.25, 0.3) is 0 Å². The van der Waals surface area contributed by atoms with E-state index in [-0.39, 0.29) is 31.9 Å². The Labute approximate surface area is 179 Å². The minimum absolute atomic E-state index is 0.00168. The van der Waals surface area contributed by atoms with Gasteiger partial charge in [0.2, 0.25) is 5.91 Å². The third-order valence-electron chi connectivity index (χ3n) is 3.81. The largest absolute Gasteiger partial charge is 0.445 e. The van der Waals surface area contributed by atoms with Gasteiger partial charge in [0.15, 0.2) is 0 Å². The smallest absolute Gasteiger partial charge is 0.408 e. The normalized spacial score (nSPS) is 12.6. The minimum atomic E-state index is -2.43. The van der Waals surface area contributed by atoms with Crippen LogP contribution in [0, 0.1) is 5.92 Å². The molecule has 0 aliphatic heterocycles. The molecular weight excluding hydrogens is 419 g/mol. The number of alkyl halides is 2. The molecule has 1 unspecified atom stereocenters. The highest BCUT2D eigenvalue weighted by Gasteiger charge is 2.28. The van der Waals surface area contributed by atoms with E-state index in [1.54, 1.807) is 24.3 Å². The number of amides is 4. The Balaban J connectivity index is 2.78. The zero-order valence-electron chi connectivity index (χ0n) is 16.8. The van der Waals surface area contributed by atoms with E-state index in [0.29, 0.717) is 5.01 Å². The molecular formula is C19H26ClFN4O5. The van der Waals surface area contributed by atoms with E-state index in [2.05, 4.69) is 10.7 Å². The quantitative estimate of drug-likeness (QED) is 0.372.